The van der Waals surface area contributed by atoms with Gasteiger partial charge in [-0.15, -0.1) is 0 Å². The molecule has 1 heterocycles. The van der Waals surface area contributed by atoms with E-state index in [0.29, 0.717) is 0 Å². The van der Waals surface area contributed by atoms with Gasteiger partial charge < -0.3 is 5.32 Å². The number of hydrogen-bond donors (Lipinski definition) is 2. The van der Waals surface area contributed by atoms with Gasteiger partial charge in [-0.1, -0.05) is 0 Å². The van der Waals surface area contributed by atoms with Crippen LogP contribution in [0, 0.1) is 0 Å². The normalized spacial score (nSPS) is 17.6. The SMILES string of the molecule is O=C(NC1(C(F)(F)F)CC1)c1ccc(=O)[nH]n1. The molecule has 8 heteroatoms. The second-order valence-corrected chi connectivity index (χ2v) is 3.84. The summed E-state index contributed by atoms with van der Waals surface area (Å²) in [6, 6.07) is 2.09. The van der Waals surface area contributed by atoms with Crippen molar-refractivity contribution in [1.82, 2.24) is 15.5 Å². The number of H-pyrrole nitrogens is 1. The lowest BCUT2D eigenvalue weighted by atomic mass is 10.2. The molecule has 2 N–H and O–H groups in total. The molecular formula is C9H8F3N3O2. The molecule has 0 saturated heterocycles. The summed E-state index contributed by atoms with van der Waals surface area (Å²) in [4.78, 5) is 22.1. The first-order valence-electron chi connectivity index (χ1n) is 4.79. The number of carbonyl (C=O) groups is 1. The predicted molar refractivity (Wildman–Crippen MR) is 50.3 cm³/mol. The van der Waals surface area contributed by atoms with E-state index in [2.05, 4.69) is 5.10 Å². The molecule has 5 nitrogen and oxygen atoms in total. The smallest absolute Gasteiger partial charge is 0.336 e. The van der Waals surface area contributed by atoms with E-state index in [4.69, 9.17) is 0 Å². The Morgan fingerprint density at radius 2 is 2.06 bits per heavy atom. The molecule has 0 atom stereocenters. The van der Waals surface area contributed by atoms with Crippen molar-refractivity contribution in [2.75, 3.05) is 0 Å². The van der Waals surface area contributed by atoms with Crippen LogP contribution in [0.4, 0.5) is 13.2 Å². The van der Waals surface area contributed by atoms with Crippen molar-refractivity contribution in [3.05, 3.63) is 28.2 Å². The van der Waals surface area contributed by atoms with E-state index in [9.17, 15) is 22.8 Å². The lowest BCUT2D eigenvalue weighted by Crippen LogP contribution is -2.48. The van der Waals surface area contributed by atoms with Crippen LogP contribution in [-0.2, 0) is 0 Å². The minimum atomic E-state index is -4.47. The summed E-state index contributed by atoms with van der Waals surface area (Å²) in [6.07, 6.45) is -4.73. The zero-order valence-corrected chi connectivity index (χ0v) is 8.47. The Bertz CT molecular complexity index is 484. The quantitative estimate of drug-likeness (QED) is 0.803. The molecule has 0 radical (unpaired) electrons. The van der Waals surface area contributed by atoms with Crippen LogP contribution in [0.1, 0.15) is 23.3 Å². The fourth-order valence-corrected chi connectivity index (χ4v) is 1.36. The lowest BCUT2D eigenvalue weighted by Gasteiger charge is -2.20. The number of carbonyl (C=O) groups excluding carboxylic acids is 1. The fraction of sp³-hybridized carbons (Fsp3) is 0.444. The lowest BCUT2D eigenvalue weighted by molar-refractivity contribution is -0.163. The molecule has 0 aromatic carbocycles. The van der Waals surface area contributed by atoms with Gasteiger partial charge in [-0.05, 0) is 18.9 Å². The molecular weight excluding hydrogens is 239 g/mol. The highest BCUT2D eigenvalue weighted by Gasteiger charge is 2.64. The largest absolute Gasteiger partial charge is 0.411 e. The molecule has 17 heavy (non-hydrogen) atoms. The number of amides is 1. The van der Waals surface area contributed by atoms with Gasteiger partial charge in [0.25, 0.3) is 11.5 Å². The summed E-state index contributed by atoms with van der Waals surface area (Å²) in [5, 5.41) is 7.23. The maximum absolute atomic E-state index is 12.5. The van der Waals surface area contributed by atoms with Crippen LogP contribution in [0.25, 0.3) is 0 Å². The highest BCUT2D eigenvalue weighted by atomic mass is 19.4. The van der Waals surface area contributed by atoms with Crippen LogP contribution < -0.4 is 10.9 Å². The topological polar surface area (TPSA) is 74.8 Å². The Morgan fingerprint density at radius 3 is 2.47 bits per heavy atom. The first-order chi connectivity index (χ1) is 7.84. The molecule has 0 aliphatic heterocycles. The van der Waals surface area contributed by atoms with Crippen molar-refractivity contribution in [3.8, 4) is 0 Å². The van der Waals surface area contributed by atoms with Crippen LogP contribution >= 0.6 is 0 Å². The Labute approximate surface area is 93.0 Å². The minimum absolute atomic E-state index is 0.133. The second kappa shape index (κ2) is 3.57. The van der Waals surface area contributed by atoms with Crippen molar-refractivity contribution in [3.63, 3.8) is 0 Å². The van der Waals surface area contributed by atoms with Gasteiger partial charge in [0.05, 0.1) is 0 Å². The summed E-state index contributed by atoms with van der Waals surface area (Å²) in [6.45, 7) is 0. The Kier molecular flexibility index (Phi) is 2.44. The molecule has 1 aromatic rings. The van der Waals surface area contributed by atoms with Gasteiger partial charge in [-0.25, -0.2) is 5.10 Å². The van der Waals surface area contributed by atoms with Gasteiger partial charge in [-0.3, -0.25) is 9.59 Å². The number of alkyl halides is 3. The number of aromatic amines is 1. The molecule has 92 valence electrons. The van der Waals surface area contributed by atoms with Gasteiger partial charge >= 0.3 is 6.18 Å². The van der Waals surface area contributed by atoms with E-state index in [1.807, 2.05) is 10.4 Å². The molecule has 2 rings (SSSR count). The number of rotatable bonds is 2. The van der Waals surface area contributed by atoms with Crippen LogP contribution in [0.5, 0.6) is 0 Å². The van der Waals surface area contributed by atoms with Gasteiger partial charge in [0.2, 0.25) is 0 Å². The highest BCUT2D eigenvalue weighted by Crippen LogP contribution is 2.48. The number of aromatic nitrogens is 2. The molecule has 1 amide bonds. The van der Waals surface area contributed by atoms with Crippen molar-refractivity contribution in [2.24, 2.45) is 0 Å². The zero-order chi connectivity index (χ0) is 12.7. The zero-order valence-electron chi connectivity index (χ0n) is 8.47. The molecule has 0 unspecified atom stereocenters. The number of nitrogens with one attached hydrogen (secondary N) is 2. The molecule has 0 spiro atoms. The van der Waals surface area contributed by atoms with E-state index >= 15 is 0 Å². The van der Waals surface area contributed by atoms with Crippen LogP contribution in [0.2, 0.25) is 0 Å². The Hall–Kier alpha value is -1.86. The van der Waals surface area contributed by atoms with Gasteiger partial charge in [0, 0.05) is 6.07 Å². The third-order valence-electron chi connectivity index (χ3n) is 2.56. The predicted octanol–water partition coefficient (Wildman–Crippen LogP) is 0.595. The van der Waals surface area contributed by atoms with Crippen LogP contribution in [0.15, 0.2) is 16.9 Å². The monoisotopic (exact) mass is 247 g/mol. The van der Waals surface area contributed by atoms with Crippen molar-refractivity contribution in [2.45, 2.75) is 24.6 Å². The van der Waals surface area contributed by atoms with E-state index in [0.717, 1.165) is 12.1 Å². The molecule has 1 aliphatic rings. The molecule has 0 bridgehead atoms. The number of hydrogen-bond acceptors (Lipinski definition) is 3. The van der Waals surface area contributed by atoms with E-state index in [-0.39, 0.29) is 18.5 Å². The summed E-state index contributed by atoms with van der Waals surface area (Å²) >= 11 is 0. The number of halogens is 3. The first-order valence-corrected chi connectivity index (χ1v) is 4.79. The van der Waals surface area contributed by atoms with Crippen LogP contribution in [0.3, 0.4) is 0 Å². The number of nitrogens with zero attached hydrogens (tertiary/aromatic N) is 1. The van der Waals surface area contributed by atoms with Crippen molar-refractivity contribution in [1.29, 1.82) is 0 Å². The van der Waals surface area contributed by atoms with E-state index in [1.165, 1.54) is 0 Å². The molecule has 1 aromatic heterocycles. The van der Waals surface area contributed by atoms with E-state index < -0.39 is 23.2 Å². The van der Waals surface area contributed by atoms with Crippen molar-refractivity contribution < 1.29 is 18.0 Å². The maximum Gasteiger partial charge on any atom is 0.411 e. The summed E-state index contributed by atoms with van der Waals surface area (Å²) in [5.74, 6) is -0.948. The summed E-state index contributed by atoms with van der Waals surface area (Å²) in [5.41, 5.74) is -2.90. The fourth-order valence-electron chi connectivity index (χ4n) is 1.36. The van der Waals surface area contributed by atoms with Gasteiger partial charge in [0.1, 0.15) is 11.2 Å². The average molecular weight is 247 g/mol. The Balaban J connectivity index is 2.13. The maximum atomic E-state index is 12.5. The Morgan fingerprint density at radius 1 is 1.41 bits per heavy atom. The molecule has 1 fully saturated rings. The van der Waals surface area contributed by atoms with E-state index in [1.54, 1.807) is 0 Å². The summed E-state index contributed by atoms with van der Waals surface area (Å²) in [7, 11) is 0. The molecule has 1 aliphatic carbocycles. The highest BCUT2D eigenvalue weighted by molar-refractivity contribution is 5.92. The summed E-state index contributed by atoms with van der Waals surface area (Å²) < 4.78 is 37.6. The standard InChI is InChI=1S/C9H8F3N3O2/c10-9(11,12)8(3-4-8)13-7(17)5-1-2-6(16)15-14-5/h1-2H,3-4H2,(H,13,17)(H,15,16). The minimum Gasteiger partial charge on any atom is -0.336 e. The van der Waals surface area contributed by atoms with Crippen molar-refractivity contribution >= 4 is 5.91 Å². The van der Waals surface area contributed by atoms with Gasteiger partial charge in [0.15, 0.2) is 0 Å². The molecule has 1 saturated carbocycles. The average Bonchev–Trinajstić information content (AvgIpc) is 2.98. The van der Waals surface area contributed by atoms with Crippen LogP contribution in [-0.4, -0.2) is 27.8 Å². The third-order valence-corrected chi connectivity index (χ3v) is 2.56. The van der Waals surface area contributed by atoms with Gasteiger partial charge in [-0.2, -0.15) is 18.3 Å². The second-order valence-electron chi connectivity index (χ2n) is 3.84. The third kappa shape index (κ3) is 2.15. The first kappa shape index (κ1) is 11.6.